The summed E-state index contributed by atoms with van der Waals surface area (Å²) in [5.41, 5.74) is 2.10. The van der Waals surface area contributed by atoms with Gasteiger partial charge in [0.15, 0.2) is 5.11 Å². The number of piperidine rings is 1. The van der Waals surface area contributed by atoms with E-state index in [0.717, 1.165) is 30.4 Å². The van der Waals surface area contributed by atoms with Gasteiger partial charge in [-0.25, -0.2) is 0 Å². The van der Waals surface area contributed by atoms with Crippen molar-refractivity contribution in [3.8, 4) is 0 Å². The molecule has 2 N–H and O–H groups in total. The second kappa shape index (κ2) is 7.58. The number of benzene rings is 1. The second-order valence-electron chi connectivity index (χ2n) is 6.28. The zero-order valence-electron chi connectivity index (χ0n) is 13.6. The Balaban J connectivity index is 2.05. The number of amides is 1. The Bertz CT molecular complexity index is 536. The summed E-state index contributed by atoms with van der Waals surface area (Å²) in [5.74, 6) is 0.642. The molecule has 1 aromatic rings. The van der Waals surface area contributed by atoms with Crippen LogP contribution >= 0.6 is 12.2 Å². The summed E-state index contributed by atoms with van der Waals surface area (Å²) in [6.45, 7) is 8.12. The zero-order chi connectivity index (χ0) is 16.1. The minimum atomic E-state index is -0.0847. The van der Waals surface area contributed by atoms with Crippen molar-refractivity contribution >= 4 is 34.6 Å². The van der Waals surface area contributed by atoms with Crippen molar-refractivity contribution in [2.45, 2.75) is 33.6 Å². The molecule has 4 nitrogen and oxygen atoms in total. The molecule has 0 spiro atoms. The lowest BCUT2D eigenvalue weighted by Gasteiger charge is -2.33. The predicted molar refractivity (Wildman–Crippen MR) is 96.3 cm³/mol. The van der Waals surface area contributed by atoms with Crippen LogP contribution in [0.4, 0.5) is 11.4 Å². The highest BCUT2D eigenvalue weighted by Gasteiger charge is 2.18. The quantitative estimate of drug-likeness (QED) is 0.838. The fourth-order valence-corrected chi connectivity index (χ4v) is 2.72. The predicted octanol–water partition coefficient (Wildman–Crippen LogP) is 3.39. The summed E-state index contributed by atoms with van der Waals surface area (Å²) in [6.07, 6.45) is 2.42. The molecule has 1 amide bonds. The molecule has 0 unspecified atom stereocenters. The van der Waals surface area contributed by atoms with Gasteiger partial charge in [0.1, 0.15) is 0 Å². The van der Waals surface area contributed by atoms with Crippen LogP contribution in [-0.2, 0) is 4.79 Å². The molecule has 1 aromatic carbocycles. The molecular weight excluding hydrogens is 294 g/mol. The molecule has 22 heavy (non-hydrogen) atoms. The van der Waals surface area contributed by atoms with Crippen molar-refractivity contribution in [2.24, 2.45) is 11.8 Å². The molecule has 1 saturated heterocycles. The number of thiocarbonyl (C=S) groups is 1. The standard InChI is InChI=1S/C17H25N3OS/c1-12(2)16(21)19-17(22)18-14-6-4-5-7-15(14)20-10-8-13(3)9-11-20/h4-7,12-13H,8-11H2,1-3H3,(H2,18,19,21,22). The first-order valence-corrected chi connectivity index (χ1v) is 8.34. The minimum absolute atomic E-state index is 0.0678. The highest BCUT2D eigenvalue weighted by atomic mass is 32.1. The lowest BCUT2D eigenvalue weighted by Crippen LogP contribution is -2.38. The molecule has 0 saturated carbocycles. The number of hydrogen-bond donors (Lipinski definition) is 2. The van der Waals surface area contributed by atoms with E-state index < -0.39 is 0 Å². The molecule has 1 aliphatic rings. The molecule has 1 aliphatic heterocycles. The van der Waals surface area contributed by atoms with Gasteiger partial charge in [0, 0.05) is 19.0 Å². The van der Waals surface area contributed by atoms with Gasteiger partial charge in [-0.2, -0.15) is 0 Å². The first-order chi connectivity index (χ1) is 10.5. The van der Waals surface area contributed by atoms with Gasteiger partial charge in [0.2, 0.25) is 5.91 Å². The van der Waals surface area contributed by atoms with E-state index in [-0.39, 0.29) is 11.8 Å². The largest absolute Gasteiger partial charge is 0.370 e. The van der Waals surface area contributed by atoms with Crippen LogP contribution in [0.5, 0.6) is 0 Å². The maximum Gasteiger partial charge on any atom is 0.228 e. The summed E-state index contributed by atoms with van der Waals surface area (Å²) < 4.78 is 0. The van der Waals surface area contributed by atoms with Gasteiger partial charge >= 0.3 is 0 Å². The molecule has 0 aromatic heterocycles. The van der Waals surface area contributed by atoms with Gasteiger partial charge in [0.25, 0.3) is 0 Å². The van der Waals surface area contributed by atoms with Gasteiger partial charge < -0.3 is 15.5 Å². The second-order valence-corrected chi connectivity index (χ2v) is 6.69. The number of nitrogens with one attached hydrogen (secondary N) is 2. The maximum absolute atomic E-state index is 11.7. The fourth-order valence-electron chi connectivity index (χ4n) is 2.51. The molecular formula is C17H25N3OS. The van der Waals surface area contributed by atoms with Crippen molar-refractivity contribution in [3.05, 3.63) is 24.3 Å². The van der Waals surface area contributed by atoms with Crippen molar-refractivity contribution < 1.29 is 4.79 Å². The normalized spacial score (nSPS) is 15.7. The van der Waals surface area contributed by atoms with Crippen LogP contribution in [0.25, 0.3) is 0 Å². The van der Waals surface area contributed by atoms with Crippen LogP contribution in [0.2, 0.25) is 0 Å². The number of hydrogen-bond acceptors (Lipinski definition) is 3. The number of nitrogens with zero attached hydrogens (tertiary/aromatic N) is 1. The summed E-state index contributed by atoms with van der Waals surface area (Å²) >= 11 is 5.25. The maximum atomic E-state index is 11.7. The van der Waals surface area contributed by atoms with Crippen LogP contribution in [0, 0.1) is 11.8 Å². The van der Waals surface area contributed by atoms with Gasteiger partial charge in [-0.05, 0) is 43.1 Å². The molecule has 1 fully saturated rings. The van der Waals surface area contributed by atoms with E-state index >= 15 is 0 Å². The van der Waals surface area contributed by atoms with E-state index in [0.29, 0.717) is 5.11 Å². The van der Waals surface area contributed by atoms with Crippen LogP contribution in [-0.4, -0.2) is 24.1 Å². The topological polar surface area (TPSA) is 44.4 Å². The average molecular weight is 319 g/mol. The van der Waals surface area contributed by atoms with Crippen LogP contribution < -0.4 is 15.5 Å². The number of carbonyl (C=O) groups is 1. The Morgan fingerprint density at radius 3 is 2.55 bits per heavy atom. The van der Waals surface area contributed by atoms with E-state index in [2.05, 4.69) is 28.5 Å². The highest BCUT2D eigenvalue weighted by Crippen LogP contribution is 2.29. The SMILES string of the molecule is CC1CCN(c2ccccc2NC(=S)NC(=O)C(C)C)CC1. The molecule has 120 valence electrons. The third-order valence-electron chi connectivity index (χ3n) is 4.04. The van der Waals surface area contributed by atoms with Crippen LogP contribution in [0.3, 0.4) is 0 Å². The summed E-state index contributed by atoms with van der Waals surface area (Å²) in [5, 5.41) is 6.25. The molecule has 1 heterocycles. The van der Waals surface area contributed by atoms with Crippen LogP contribution in [0.1, 0.15) is 33.6 Å². The van der Waals surface area contributed by atoms with Gasteiger partial charge in [-0.1, -0.05) is 32.9 Å². The van der Waals surface area contributed by atoms with Crippen molar-refractivity contribution in [3.63, 3.8) is 0 Å². The zero-order valence-corrected chi connectivity index (χ0v) is 14.4. The van der Waals surface area contributed by atoms with Gasteiger partial charge in [0.05, 0.1) is 11.4 Å². The van der Waals surface area contributed by atoms with E-state index in [9.17, 15) is 4.79 Å². The molecule has 0 bridgehead atoms. The number of rotatable bonds is 3. The van der Waals surface area contributed by atoms with E-state index in [1.807, 2.05) is 32.0 Å². The number of anilines is 2. The van der Waals surface area contributed by atoms with Crippen LogP contribution in [0.15, 0.2) is 24.3 Å². The molecule has 5 heteroatoms. The van der Waals surface area contributed by atoms with Crippen molar-refractivity contribution in [1.82, 2.24) is 5.32 Å². The van der Waals surface area contributed by atoms with E-state index in [1.165, 1.54) is 12.8 Å². The Kier molecular flexibility index (Phi) is 5.77. The highest BCUT2D eigenvalue weighted by molar-refractivity contribution is 7.80. The Labute approximate surface area is 138 Å². The molecule has 2 rings (SSSR count). The van der Waals surface area contributed by atoms with Crippen molar-refractivity contribution in [1.29, 1.82) is 0 Å². The summed E-state index contributed by atoms with van der Waals surface area (Å²) in [4.78, 5) is 14.1. The van der Waals surface area contributed by atoms with E-state index in [4.69, 9.17) is 12.2 Å². The fraction of sp³-hybridized carbons (Fsp3) is 0.529. The number of para-hydroxylation sites is 2. The molecule has 0 atom stereocenters. The third kappa shape index (κ3) is 4.44. The Morgan fingerprint density at radius 1 is 1.27 bits per heavy atom. The third-order valence-corrected chi connectivity index (χ3v) is 4.24. The molecule has 0 radical (unpaired) electrons. The minimum Gasteiger partial charge on any atom is -0.370 e. The Morgan fingerprint density at radius 2 is 1.91 bits per heavy atom. The first-order valence-electron chi connectivity index (χ1n) is 7.93. The first kappa shape index (κ1) is 16.7. The Hall–Kier alpha value is -1.62. The smallest absolute Gasteiger partial charge is 0.228 e. The number of carbonyl (C=O) groups excluding carboxylic acids is 1. The van der Waals surface area contributed by atoms with Gasteiger partial charge in [-0.3, -0.25) is 4.79 Å². The monoisotopic (exact) mass is 319 g/mol. The van der Waals surface area contributed by atoms with Crippen molar-refractivity contribution in [2.75, 3.05) is 23.3 Å². The van der Waals surface area contributed by atoms with E-state index in [1.54, 1.807) is 0 Å². The lowest BCUT2D eigenvalue weighted by atomic mass is 9.98. The van der Waals surface area contributed by atoms with Gasteiger partial charge in [-0.15, -0.1) is 0 Å². The summed E-state index contributed by atoms with van der Waals surface area (Å²) in [6, 6.07) is 8.12. The average Bonchev–Trinajstić information content (AvgIpc) is 2.48. The molecule has 0 aliphatic carbocycles. The summed E-state index contributed by atoms with van der Waals surface area (Å²) in [7, 11) is 0. The lowest BCUT2D eigenvalue weighted by molar-refractivity contribution is -0.122.